The van der Waals surface area contributed by atoms with Gasteiger partial charge >= 0.3 is 0 Å². The molecular weight excluding hydrogens is 1290 g/mol. The number of fused-ring (bicyclic) bond motifs is 19. The van der Waals surface area contributed by atoms with E-state index in [9.17, 15) is 24.7 Å². The summed E-state index contributed by atoms with van der Waals surface area (Å²) in [5.41, 5.74) is 4.90. The molecule has 0 amide bonds. The summed E-state index contributed by atoms with van der Waals surface area (Å²) in [6.45, 7) is 11.6. The van der Waals surface area contributed by atoms with Gasteiger partial charge < -0.3 is 32.3 Å². The van der Waals surface area contributed by atoms with Gasteiger partial charge in [-0.15, -0.1) is 0 Å². The van der Waals surface area contributed by atoms with Gasteiger partial charge in [-0.2, -0.15) is 0 Å². The van der Waals surface area contributed by atoms with Gasteiger partial charge in [0, 0.05) is 76.6 Å². The molecule has 0 unspecified atom stereocenters. The van der Waals surface area contributed by atoms with Crippen molar-refractivity contribution in [2.24, 2.45) is 0 Å². The first-order chi connectivity index (χ1) is 63.9. The number of hydrogen-bond acceptors (Lipinski definition) is 4. The Morgan fingerprint density at radius 3 is 1.08 bits per heavy atom. The van der Waals surface area contributed by atoms with Gasteiger partial charge in [-0.1, -0.05) is 272 Å². The van der Waals surface area contributed by atoms with Gasteiger partial charge in [-0.05, 0) is 145 Å². The van der Waals surface area contributed by atoms with E-state index in [1.807, 2.05) is 28.0 Å². The van der Waals surface area contributed by atoms with Crippen molar-refractivity contribution in [1.29, 1.82) is 0 Å². The second-order valence-electron chi connectivity index (χ2n) is 29.0. The van der Waals surface area contributed by atoms with Gasteiger partial charge in [-0.25, -0.2) is 0 Å². The van der Waals surface area contributed by atoms with Crippen molar-refractivity contribution in [2.45, 2.75) is 52.4 Å². The molecule has 8 heteroatoms. The Bertz CT molecular complexity index is 8710. The molecule has 0 bridgehead atoms. The lowest BCUT2D eigenvalue weighted by molar-refractivity contribution is 0.569. The molecule has 0 spiro atoms. The van der Waals surface area contributed by atoms with E-state index in [0.29, 0.717) is 54.9 Å². The third kappa shape index (κ3) is 8.70. The normalized spacial score (nSPS) is 17.0. The quantitative estimate of drug-likeness (QED) is 0.149. The maximum Gasteiger partial charge on any atom is 0.252 e. The average Bonchev–Trinajstić information content (AvgIpc) is 1.43. The van der Waals surface area contributed by atoms with E-state index in [-0.39, 0.29) is 139 Å². The van der Waals surface area contributed by atoms with Gasteiger partial charge in [0.05, 0.1) is 101 Å². The number of furan rings is 2. The Balaban J connectivity index is 0.929. The van der Waals surface area contributed by atoms with Gasteiger partial charge in [0.15, 0.2) is 22.3 Å². The number of para-hydroxylation sites is 10. The Morgan fingerprint density at radius 1 is 0.274 bits per heavy atom. The third-order valence-electron chi connectivity index (χ3n) is 21.1. The number of nitrogens with zero attached hydrogens (tertiary/aromatic N) is 5. The lowest BCUT2D eigenvalue weighted by Gasteiger charge is -2.44. The Morgan fingerprint density at radius 2 is 0.642 bits per heavy atom. The fourth-order valence-electron chi connectivity index (χ4n) is 16.3. The molecule has 2 aliphatic rings. The van der Waals surface area contributed by atoms with Crippen molar-refractivity contribution in [1.82, 2.24) is 13.7 Å². The van der Waals surface area contributed by atoms with E-state index in [2.05, 4.69) is 59.7 Å². The van der Waals surface area contributed by atoms with Crippen molar-refractivity contribution in [3.05, 3.63) is 326 Å². The van der Waals surface area contributed by atoms with Crippen LogP contribution in [0.3, 0.4) is 0 Å². The molecule has 2 aliphatic heterocycles. The van der Waals surface area contributed by atoms with Crippen LogP contribution in [0, 0.1) is 0 Å². The topological polar surface area (TPSA) is 47.6 Å². The number of aromatic nitrogens is 3. The van der Waals surface area contributed by atoms with E-state index in [4.69, 9.17) is 23.9 Å². The van der Waals surface area contributed by atoms with Crippen molar-refractivity contribution < 1.29 is 48.6 Å². The Labute approximate surface area is 654 Å². The lowest BCUT2D eigenvalue weighted by Crippen LogP contribution is -2.61. The zero-order valence-electron chi connectivity index (χ0n) is 86.4. The second kappa shape index (κ2) is 22.2. The standard InChI is InChI=1S/C98H70BN5O2/c1-97(2,3)63-52-62(53-64(56-63)98(4,5)6)61-48-50-76-89(55-61)104(88-47-25-37-75-73-35-23-45-86(94(73)106-96(75)88)102-82-42-20-14-32-70(82)71-33-15-21-43-83(71)102)91-58-65(100-78-38-16-10-28-66(78)67-29-11-17-39-79(67)100)57-90-92(91)99(76)77-54-60(59-26-8-7-9-27-59)49-51-84(77)103(90)87-46-24-36-74-72-34-22-44-85(93(72)105-95(74)87)101-80-40-18-12-30-68(80)69-31-13-19-41-81(69)101/h7-58H,1-6H3/i7D,8D,9D,10D,11D,12D,13D,14D,15D,16D,17D,18D,19D,20D,21D,26D,27D,28D,29D,30D,31D,32D,33D,38D,39D,40D,41D,42D,43D. The largest absolute Gasteiger partial charge is 0.452 e. The van der Waals surface area contributed by atoms with Crippen LogP contribution >= 0.6 is 0 Å². The first kappa shape index (κ1) is 38.5. The molecule has 0 saturated carbocycles. The summed E-state index contributed by atoms with van der Waals surface area (Å²) < 4.78 is 291. The van der Waals surface area contributed by atoms with E-state index < -0.39 is 193 Å². The van der Waals surface area contributed by atoms with Crippen LogP contribution in [0.15, 0.2) is 324 Å². The monoisotopic (exact) mass is 1390 g/mol. The van der Waals surface area contributed by atoms with Gasteiger partial charge in [0.25, 0.3) is 6.71 Å². The fraction of sp³-hybridized carbons (Fsp3) is 0.0816. The summed E-state index contributed by atoms with van der Waals surface area (Å²) in [7, 11) is 0. The van der Waals surface area contributed by atoms with Crippen molar-refractivity contribution in [2.75, 3.05) is 9.80 Å². The molecule has 7 nitrogen and oxygen atoms in total. The van der Waals surface area contributed by atoms with Crippen LogP contribution in [0.25, 0.3) is 149 Å². The fourth-order valence-corrected chi connectivity index (χ4v) is 16.3. The minimum absolute atomic E-state index is 0.0122. The second-order valence-corrected chi connectivity index (χ2v) is 29.0. The average molecular weight is 1390 g/mol. The Hall–Kier alpha value is -13.0. The molecule has 5 aromatic heterocycles. The SMILES string of the molecule is [2H]c1c([2H])c([2H])c(-c2ccc3c(c2)B2c4ccc(-c5cc(C(C)(C)C)cc(C(C)(C)C)c5)cc4N(c4cccc5c4oc4c(-n6c7c([2H])c([2H])c([2H])c([2H])c7c7c([2H])c([2H])c([2H])c([2H])c76)cccc45)c4cc(-n5c6c([2H])c([2H])c([2H])c([2H])c6c6c([2H])c([2H])c([2H])c([2H])c65)cc(c42)N3c2cccc3c2oc2c(-n4c5c([2H])c([2H])c([2H])c([2H])c5c5c([2H])c([2H])c([2H])c([2H])c54)cccc23)c([2H])c1[2H]. The number of rotatable bonds is 7. The van der Waals surface area contributed by atoms with Crippen LogP contribution in [0.5, 0.6) is 0 Å². The highest BCUT2D eigenvalue weighted by Gasteiger charge is 2.46. The zero-order valence-corrected chi connectivity index (χ0v) is 57.4. The highest BCUT2D eigenvalue weighted by Crippen LogP contribution is 2.53. The minimum atomic E-state index is -1.08. The first-order valence-corrected chi connectivity index (χ1v) is 34.6. The van der Waals surface area contributed by atoms with Gasteiger partial charge in [0.1, 0.15) is 0 Å². The molecule has 7 heterocycles. The molecule has 106 heavy (non-hydrogen) atoms. The highest BCUT2D eigenvalue weighted by molar-refractivity contribution is 7.00. The van der Waals surface area contributed by atoms with E-state index in [1.54, 1.807) is 103 Å². The molecule has 20 aromatic rings. The van der Waals surface area contributed by atoms with E-state index >= 15 is 0 Å². The smallest absolute Gasteiger partial charge is 0.252 e. The van der Waals surface area contributed by atoms with Crippen LogP contribution in [0.1, 0.15) is 92.4 Å². The molecule has 0 saturated heterocycles. The minimum Gasteiger partial charge on any atom is -0.452 e. The highest BCUT2D eigenvalue weighted by atomic mass is 16.3. The Kier molecular flexibility index (Phi) is 8.07. The maximum atomic E-state index is 10.1. The van der Waals surface area contributed by atoms with Gasteiger partial charge in [-0.3, -0.25) is 0 Å². The summed E-state index contributed by atoms with van der Waals surface area (Å²) in [5.74, 6) is 0. The van der Waals surface area contributed by atoms with E-state index in [0.717, 1.165) is 16.7 Å². The zero-order chi connectivity index (χ0) is 95.8. The van der Waals surface area contributed by atoms with Crippen LogP contribution in [-0.4, -0.2) is 20.4 Å². The van der Waals surface area contributed by atoms with Crippen molar-refractivity contribution in [3.63, 3.8) is 0 Å². The molecule has 0 fully saturated rings. The molecule has 0 N–H and O–H groups in total. The van der Waals surface area contributed by atoms with Crippen LogP contribution in [0.4, 0.5) is 34.1 Å². The molecule has 0 aliphatic carbocycles. The molecule has 15 aromatic carbocycles. The lowest BCUT2D eigenvalue weighted by atomic mass is 9.33. The molecule has 22 rings (SSSR count). The summed E-state index contributed by atoms with van der Waals surface area (Å²) in [6, 6.07) is 23.5. The summed E-state index contributed by atoms with van der Waals surface area (Å²) >= 11 is 0. The number of hydrogen-bond donors (Lipinski definition) is 0. The molecule has 0 atom stereocenters. The van der Waals surface area contributed by atoms with Crippen LogP contribution in [0.2, 0.25) is 0 Å². The third-order valence-corrected chi connectivity index (χ3v) is 21.1. The predicted octanol–water partition coefficient (Wildman–Crippen LogP) is 24.8. The maximum absolute atomic E-state index is 10.1. The van der Waals surface area contributed by atoms with Crippen molar-refractivity contribution in [3.8, 4) is 39.3 Å². The summed E-state index contributed by atoms with van der Waals surface area (Å²) in [4.78, 5) is 3.79. The molecule has 502 valence electrons. The molecular formula is C98H70BN5O2. The van der Waals surface area contributed by atoms with Crippen LogP contribution in [-0.2, 0) is 10.8 Å². The van der Waals surface area contributed by atoms with Gasteiger partial charge in [0.2, 0.25) is 0 Å². The van der Waals surface area contributed by atoms with Crippen molar-refractivity contribution >= 4 is 167 Å². The van der Waals surface area contributed by atoms with Crippen LogP contribution < -0.4 is 26.2 Å². The molecule has 0 radical (unpaired) electrons. The number of anilines is 6. The summed E-state index contributed by atoms with van der Waals surface area (Å²) in [5, 5.41) is 0.309. The number of benzene rings is 15. The first-order valence-electron chi connectivity index (χ1n) is 49.1. The van der Waals surface area contributed by atoms with E-state index in [1.165, 1.54) is 13.7 Å². The predicted molar refractivity (Wildman–Crippen MR) is 446 cm³/mol. The summed E-state index contributed by atoms with van der Waals surface area (Å²) in [6.07, 6.45) is 0.